The molecule has 0 aromatic heterocycles. The molecule has 6 nitrogen and oxygen atoms in total. The molecule has 1 saturated heterocycles. The zero-order valence-electron chi connectivity index (χ0n) is 8.69. The van der Waals surface area contributed by atoms with Crippen LogP contribution < -0.4 is 0 Å². The number of hydrogen-bond acceptors (Lipinski definition) is 6. The number of hydrogen-bond donors (Lipinski definition) is 0. The molecule has 0 radical (unpaired) electrons. The van der Waals surface area contributed by atoms with Gasteiger partial charge in [-0.2, -0.15) is 8.78 Å². The first-order chi connectivity index (χ1) is 8.00. The molecular weight excluding hydrogens is 242 g/mol. The van der Waals surface area contributed by atoms with Crippen LogP contribution in [0.1, 0.15) is 12.8 Å². The van der Waals surface area contributed by atoms with Gasteiger partial charge in [0.2, 0.25) is 0 Å². The normalized spacial score (nSPS) is 19.7. The van der Waals surface area contributed by atoms with Crippen LogP contribution in [0.25, 0.3) is 0 Å². The molecule has 17 heavy (non-hydrogen) atoms. The minimum atomic E-state index is -3.30. The van der Waals surface area contributed by atoms with Crippen molar-refractivity contribution in [1.29, 1.82) is 0 Å². The average Bonchev–Trinajstić information content (AvgIpc) is 2.29. The Morgan fingerprint density at radius 2 is 2.18 bits per heavy atom. The molecule has 0 amide bonds. The third-order valence-corrected chi connectivity index (χ3v) is 1.90. The minimum Gasteiger partial charge on any atom is -0.463 e. The molecule has 96 valence electrons. The molecule has 8 heteroatoms. The van der Waals surface area contributed by atoms with Gasteiger partial charge in [-0.1, -0.05) is 0 Å². The maximum Gasteiger partial charge on any atom is 0.374 e. The fourth-order valence-corrected chi connectivity index (χ4v) is 1.15. The van der Waals surface area contributed by atoms with E-state index in [4.69, 9.17) is 0 Å². The summed E-state index contributed by atoms with van der Waals surface area (Å²) in [5.74, 6) is -3.57. The van der Waals surface area contributed by atoms with E-state index in [0.29, 0.717) is 12.8 Å². The van der Waals surface area contributed by atoms with Crippen molar-refractivity contribution in [2.45, 2.75) is 25.4 Å². The molecule has 1 rings (SSSR count). The summed E-state index contributed by atoms with van der Waals surface area (Å²) in [6, 6.07) is 0. The third-order valence-electron chi connectivity index (χ3n) is 1.90. The SMILES string of the molecule is O=C(COC(=O)C(F)F)OC1CCCOC1=O. The van der Waals surface area contributed by atoms with Crippen molar-refractivity contribution in [3.63, 3.8) is 0 Å². The fraction of sp³-hybridized carbons (Fsp3) is 0.667. The Balaban J connectivity index is 2.29. The molecule has 1 fully saturated rings. The minimum absolute atomic E-state index is 0.257. The van der Waals surface area contributed by atoms with Crippen molar-refractivity contribution in [2.24, 2.45) is 0 Å². The second-order valence-electron chi connectivity index (χ2n) is 3.20. The summed E-state index contributed by atoms with van der Waals surface area (Å²) < 4.78 is 36.5. The van der Waals surface area contributed by atoms with E-state index in [1.807, 2.05) is 0 Å². The molecule has 0 aromatic rings. The van der Waals surface area contributed by atoms with Crippen molar-refractivity contribution in [3.8, 4) is 0 Å². The zero-order chi connectivity index (χ0) is 12.8. The first kappa shape index (κ1) is 13.3. The summed E-state index contributed by atoms with van der Waals surface area (Å²) in [4.78, 5) is 32.4. The molecule has 1 unspecified atom stereocenters. The summed E-state index contributed by atoms with van der Waals surface area (Å²) in [6.07, 6.45) is -3.52. The van der Waals surface area contributed by atoms with Crippen LogP contribution >= 0.6 is 0 Å². The van der Waals surface area contributed by atoms with Gasteiger partial charge < -0.3 is 14.2 Å². The number of alkyl halides is 2. The highest BCUT2D eigenvalue weighted by molar-refractivity contribution is 5.82. The number of carbonyl (C=O) groups excluding carboxylic acids is 3. The summed E-state index contributed by atoms with van der Waals surface area (Å²) in [6.45, 7) is -0.694. The smallest absolute Gasteiger partial charge is 0.374 e. The Kier molecular flexibility index (Phi) is 4.80. The van der Waals surface area contributed by atoms with E-state index in [0.717, 1.165) is 0 Å². The van der Waals surface area contributed by atoms with Crippen molar-refractivity contribution in [1.82, 2.24) is 0 Å². The van der Waals surface area contributed by atoms with Crippen LogP contribution in [0.5, 0.6) is 0 Å². The Labute approximate surface area is 94.8 Å². The van der Waals surface area contributed by atoms with Gasteiger partial charge in [-0.15, -0.1) is 0 Å². The maximum atomic E-state index is 11.7. The largest absolute Gasteiger partial charge is 0.463 e. The topological polar surface area (TPSA) is 78.9 Å². The lowest BCUT2D eigenvalue weighted by Gasteiger charge is -2.20. The van der Waals surface area contributed by atoms with E-state index in [-0.39, 0.29) is 6.61 Å². The summed E-state index contributed by atoms with van der Waals surface area (Å²) >= 11 is 0. The molecule has 0 spiro atoms. The van der Waals surface area contributed by atoms with Gasteiger partial charge in [-0.25, -0.2) is 14.4 Å². The monoisotopic (exact) mass is 252 g/mol. The van der Waals surface area contributed by atoms with E-state index >= 15 is 0 Å². The summed E-state index contributed by atoms with van der Waals surface area (Å²) in [7, 11) is 0. The predicted molar refractivity (Wildman–Crippen MR) is 47.0 cm³/mol. The lowest BCUT2D eigenvalue weighted by molar-refractivity contribution is -0.178. The second kappa shape index (κ2) is 6.12. The maximum absolute atomic E-state index is 11.7. The van der Waals surface area contributed by atoms with Gasteiger partial charge in [0.1, 0.15) is 0 Å². The van der Waals surface area contributed by atoms with Gasteiger partial charge in [0, 0.05) is 0 Å². The molecular formula is C9H10F2O6. The Bertz CT molecular complexity index is 317. The Morgan fingerprint density at radius 3 is 2.76 bits per heavy atom. The van der Waals surface area contributed by atoms with Gasteiger partial charge in [0.15, 0.2) is 12.7 Å². The summed E-state index contributed by atoms with van der Waals surface area (Å²) in [5, 5.41) is 0. The van der Waals surface area contributed by atoms with E-state index in [2.05, 4.69) is 14.2 Å². The zero-order valence-corrected chi connectivity index (χ0v) is 8.69. The van der Waals surface area contributed by atoms with E-state index in [1.54, 1.807) is 0 Å². The Hall–Kier alpha value is -1.73. The van der Waals surface area contributed by atoms with Gasteiger partial charge >= 0.3 is 24.3 Å². The number of ether oxygens (including phenoxy) is 3. The van der Waals surface area contributed by atoms with Crippen LogP contribution in [0.3, 0.4) is 0 Å². The molecule has 0 aliphatic carbocycles. The van der Waals surface area contributed by atoms with Crippen LogP contribution in [-0.4, -0.2) is 43.7 Å². The van der Waals surface area contributed by atoms with Gasteiger partial charge in [-0.05, 0) is 12.8 Å². The number of halogens is 2. The van der Waals surface area contributed by atoms with E-state index in [9.17, 15) is 23.2 Å². The van der Waals surface area contributed by atoms with Crippen molar-refractivity contribution in [3.05, 3.63) is 0 Å². The predicted octanol–water partition coefficient (Wildman–Crippen LogP) is 0.0435. The van der Waals surface area contributed by atoms with E-state index in [1.165, 1.54) is 0 Å². The summed E-state index contributed by atoms with van der Waals surface area (Å²) in [5.41, 5.74) is 0. The average molecular weight is 252 g/mol. The van der Waals surface area contributed by atoms with Crippen LogP contribution in [0, 0.1) is 0 Å². The van der Waals surface area contributed by atoms with Crippen LogP contribution in [0.15, 0.2) is 0 Å². The molecule has 1 aliphatic heterocycles. The third kappa shape index (κ3) is 4.33. The van der Waals surface area contributed by atoms with Crippen molar-refractivity contribution < 1.29 is 37.4 Å². The molecule has 1 atom stereocenters. The quantitative estimate of drug-likeness (QED) is 0.519. The van der Waals surface area contributed by atoms with Crippen LogP contribution in [-0.2, 0) is 28.6 Å². The number of carbonyl (C=O) groups is 3. The molecule has 0 bridgehead atoms. The highest BCUT2D eigenvalue weighted by atomic mass is 19.3. The number of esters is 3. The van der Waals surface area contributed by atoms with E-state index < -0.39 is 37.0 Å². The highest BCUT2D eigenvalue weighted by Crippen LogP contribution is 2.11. The molecule has 1 aliphatic rings. The van der Waals surface area contributed by atoms with Crippen LogP contribution in [0.4, 0.5) is 8.78 Å². The van der Waals surface area contributed by atoms with Gasteiger partial charge in [0.25, 0.3) is 0 Å². The standard InChI is InChI=1S/C9H10F2O6/c10-7(11)9(14)16-4-6(12)17-5-2-1-3-15-8(5)13/h5,7H,1-4H2. The van der Waals surface area contributed by atoms with Crippen molar-refractivity contribution >= 4 is 17.9 Å². The first-order valence-corrected chi connectivity index (χ1v) is 4.81. The van der Waals surface area contributed by atoms with Crippen molar-refractivity contribution in [2.75, 3.05) is 13.2 Å². The molecule has 0 N–H and O–H groups in total. The first-order valence-electron chi connectivity index (χ1n) is 4.81. The number of cyclic esters (lactones) is 1. The highest BCUT2D eigenvalue weighted by Gasteiger charge is 2.28. The lowest BCUT2D eigenvalue weighted by atomic mass is 10.1. The molecule has 0 saturated carbocycles. The molecule has 1 heterocycles. The molecule has 0 aromatic carbocycles. The van der Waals surface area contributed by atoms with Gasteiger partial charge in [0.05, 0.1) is 6.61 Å². The fourth-order valence-electron chi connectivity index (χ4n) is 1.15. The Morgan fingerprint density at radius 1 is 1.47 bits per heavy atom. The second-order valence-corrected chi connectivity index (χ2v) is 3.20. The van der Waals surface area contributed by atoms with Gasteiger partial charge in [-0.3, -0.25) is 0 Å². The number of rotatable bonds is 4. The lowest BCUT2D eigenvalue weighted by Crippen LogP contribution is -2.35. The van der Waals surface area contributed by atoms with Crippen LogP contribution in [0.2, 0.25) is 0 Å².